The maximum atomic E-state index is 12.2. The monoisotopic (exact) mass is 292 g/mol. The number of rotatable bonds is 4. The van der Waals surface area contributed by atoms with Crippen molar-refractivity contribution in [1.29, 1.82) is 0 Å². The van der Waals surface area contributed by atoms with E-state index in [4.69, 9.17) is 4.74 Å². The van der Waals surface area contributed by atoms with Gasteiger partial charge in [0.25, 0.3) is 5.91 Å². The molecule has 1 heterocycles. The van der Waals surface area contributed by atoms with E-state index < -0.39 is 5.97 Å². The molecule has 1 aromatic rings. The molecule has 114 valence electrons. The van der Waals surface area contributed by atoms with E-state index >= 15 is 0 Å². The lowest BCUT2D eigenvalue weighted by Gasteiger charge is -2.28. The summed E-state index contributed by atoms with van der Waals surface area (Å²) in [5.74, 6) is -0.716. The molecule has 0 saturated heterocycles. The molecule has 0 bridgehead atoms. The van der Waals surface area contributed by atoms with Gasteiger partial charge in [-0.2, -0.15) is 0 Å². The average molecular weight is 292 g/mol. The normalized spacial score (nSPS) is 21.6. The summed E-state index contributed by atoms with van der Waals surface area (Å²) in [7, 11) is 3.01. The van der Waals surface area contributed by atoms with Gasteiger partial charge in [-0.1, -0.05) is 0 Å². The van der Waals surface area contributed by atoms with E-state index in [2.05, 4.69) is 15.0 Å². The third-order valence-corrected chi connectivity index (χ3v) is 3.76. The second-order valence-corrected chi connectivity index (χ2v) is 5.14. The molecule has 6 heteroatoms. The Hall–Kier alpha value is -1.95. The molecule has 0 spiro atoms. The third-order valence-electron chi connectivity index (χ3n) is 3.76. The van der Waals surface area contributed by atoms with Gasteiger partial charge in [0.2, 0.25) is 0 Å². The molecule has 2 rings (SSSR count). The number of carbonyl (C=O) groups is 2. The van der Waals surface area contributed by atoms with Gasteiger partial charge in [0, 0.05) is 25.5 Å². The van der Waals surface area contributed by atoms with Crippen LogP contribution in [0.2, 0.25) is 0 Å². The zero-order valence-electron chi connectivity index (χ0n) is 12.3. The Kier molecular flexibility index (Phi) is 5.27. The van der Waals surface area contributed by atoms with Gasteiger partial charge in [0.15, 0.2) is 0 Å². The smallest absolute Gasteiger partial charge is 0.339 e. The highest BCUT2D eigenvalue weighted by Gasteiger charge is 2.22. The van der Waals surface area contributed by atoms with E-state index in [0.717, 1.165) is 25.7 Å². The lowest BCUT2D eigenvalue weighted by molar-refractivity contribution is 0.0596. The summed E-state index contributed by atoms with van der Waals surface area (Å²) < 4.78 is 9.93. The first kappa shape index (κ1) is 15.4. The van der Waals surface area contributed by atoms with E-state index in [1.54, 1.807) is 7.11 Å². The van der Waals surface area contributed by atoms with Crippen molar-refractivity contribution >= 4 is 11.9 Å². The quantitative estimate of drug-likeness (QED) is 0.852. The number of ether oxygens (including phenoxy) is 2. The Bertz CT molecular complexity index is 510. The van der Waals surface area contributed by atoms with Crippen molar-refractivity contribution in [2.24, 2.45) is 0 Å². The van der Waals surface area contributed by atoms with Gasteiger partial charge in [-0.05, 0) is 31.7 Å². The summed E-state index contributed by atoms with van der Waals surface area (Å²) in [5, 5.41) is 2.98. The van der Waals surface area contributed by atoms with Gasteiger partial charge in [-0.3, -0.25) is 9.78 Å². The molecule has 0 aromatic carbocycles. The van der Waals surface area contributed by atoms with E-state index in [-0.39, 0.29) is 17.5 Å². The molecule has 6 nitrogen and oxygen atoms in total. The Morgan fingerprint density at radius 2 is 1.81 bits per heavy atom. The molecule has 1 saturated carbocycles. The number of pyridine rings is 1. The lowest BCUT2D eigenvalue weighted by atomic mass is 9.93. The second-order valence-electron chi connectivity index (χ2n) is 5.14. The van der Waals surface area contributed by atoms with Crippen LogP contribution in [0.4, 0.5) is 0 Å². The molecule has 0 atom stereocenters. The number of carbonyl (C=O) groups excluding carboxylic acids is 2. The van der Waals surface area contributed by atoms with Crippen molar-refractivity contribution in [3.8, 4) is 0 Å². The van der Waals surface area contributed by atoms with Crippen LogP contribution in [0.25, 0.3) is 0 Å². The van der Waals surface area contributed by atoms with Crippen LogP contribution in [-0.2, 0) is 9.47 Å². The van der Waals surface area contributed by atoms with Crippen LogP contribution in [0.5, 0.6) is 0 Å². The fraction of sp³-hybridized carbons (Fsp3) is 0.533. The molecule has 0 radical (unpaired) electrons. The van der Waals surface area contributed by atoms with E-state index in [1.165, 1.54) is 25.6 Å². The minimum Gasteiger partial charge on any atom is -0.465 e. The zero-order valence-corrected chi connectivity index (χ0v) is 12.3. The summed E-state index contributed by atoms with van der Waals surface area (Å²) >= 11 is 0. The van der Waals surface area contributed by atoms with Crippen LogP contribution in [0.1, 0.15) is 46.4 Å². The Labute approximate surface area is 123 Å². The molecule has 21 heavy (non-hydrogen) atoms. The Morgan fingerprint density at radius 1 is 1.14 bits per heavy atom. The van der Waals surface area contributed by atoms with Crippen LogP contribution in [-0.4, -0.2) is 43.2 Å². The van der Waals surface area contributed by atoms with Gasteiger partial charge >= 0.3 is 5.97 Å². The largest absolute Gasteiger partial charge is 0.465 e. The second kappa shape index (κ2) is 7.17. The number of nitrogens with one attached hydrogen (secondary N) is 1. The first-order chi connectivity index (χ1) is 10.1. The molecule has 0 aliphatic heterocycles. The highest BCUT2D eigenvalue weighted by atomic mass is 16.5. The van der Waals surface area contributed by atoms with Crippen molar-refractivity contribution in [1.82, 2.24) is 10.3 Å². The molecule has 1 aromatic heterocycles. The summed E-state index contributed by atoms with van der Waals surface area (Å²) in [5.41, 5.74) is 0.639. The summed E-state index contributed by atoms with van der Waals surface area (Å²) in [6.07, 6.45) is 6.81. The highest BCUT2D eigenvalue weighted by molar-refractivity contribution is 5.97. The van der Waals surface area contributed by atoms with Crippen molar-refractivity contribution in [3.63, 3.8) is 0 Å². The molecular formula is C15H20N2O4. The highest BCUT2D eigenvalue weighted by Crippen LogP contribution is 2.21. The Balaban J connectivity index is 1.96. The van der Waals surface area contributed by atoms with E-state index in [1.807, 2.05) is 0 Å². The van der Waals surface area contributed by atoms with E-state index in [9.17, 15) is 9.59 Å². The number of nitrogens with zero attached hydrogens (tertiary/aromatic N) is 1. The van der Waals surface area contributed by atoms with Gasteiger partial charge < -0.3 is 14.8 Å². The van der Waals surface area contributed by atoms with Crippen LogP contribution < -0.4 is 5.32 Å². The van der Waals surface area contributed by atoms with Gasteiger partial charge in [0.1, 0.15) is 0 Å². The third kappa shape index (κ3) is 4.01. The predicted octanol–water partition coefficient (Wildman–Crippen LogP) is 1.56. The summed E-state index contributed by atoms with van der Waals surface area (Å²) in [6.45, 7) is 0. The molecule has 1 aliphatic rings. The zero-order chi connectivity index (χ0) is 15.2. The van der Waals surface area contributed by atoms with Crippen molar-refractivity contribution < 1.29 is 19.1 Å². The molecule has 0 unspecified atom stereocenters. The van der Waals surface area contributed by atoms with Crippen LogP contribution in [0.3, 0.4) is 0 Å². The molecule has 1 N–H and O–H groups in total. The lowest BCUT2D eigenvalue weighted by Crippen LogP contribution is -2.39. The van der Waals surface area contributed by atoms with E-state index in [0.29, 0.717) is 11.7 Å². The molecule has 1 fully saturated rings. The van der Waals surface area contributed by atoms with Crippen molar-refractivity contribution in [3.05, 3.63) is 29.6 Å². The fourth-order valence-corrected chi connectivity index (χ4v) is 2.51. The first-order valence-corrected chi connectivity index (χ1v) is 7.01. The standard InChI is InChI=1S/C15H20N2O4/c1-20-13-5-3-12(4-6-13)17-14(18)10-7-11(9-16-8-10)15(19)21-2/h7-9,12-13H,3-6H2,1-2H3,(H,17,18). The van der Waals surface area contributed by atoms with Crippen LogP contribution in [0.15, 0.2) is 18.5 Å². The summed E-state index contributed by atoms with van der Waals surface area (Å²) in [4.78, 5) is 27.5. The number of hydrogen-bond donors (Lipinski definition) is 1. The van der Waals surface area contributed by atoms with Crippen molar-refractivity contribution in [2.45, 2.75) is 37.8 Å². The molecular weight excluding hydrogens is 272 g/mol. The van der Waals surface area contributed by atoms with Gasteiger partial charge in [-0.25, -0.2) is 4.79 Å². The predicted molar refractivity (Wildman–Crippen MR) is 76.1 cm³/mol. The van der Waals surface area contributed by atoms with Gasteiger partial charge in [-0.15, -0.1) is 0 Å². The number of aromatic nitrogens is 1. The first-order valence-electron chi connectivity index (χ1n) is 7.01. The fourth-order valence-electron chi connectivity index (χ4n) is 2.51. The molecule has 1 amide bonds. The minimum atomic E-state index is -0.502. The van der Waals surface area contributed by atoms with Crippen molar-refractivity contribution in [2.75, 3.05) is 14.2 Å². The number of amides is 1. The maximum absolute atomic E-state index is 12.2. The number of esters is 1. The Morgan fingerprint density at radius 3 is 2.43 bits per heavy atom. The van der Waals surface area contributed by atoms with Gasteiger partial charge in [0.05, 0.1) is 24.3 Å². The number of hydrogen-bond acceptors (Lipinski definition) is 5. The maximum Gasteiger partial charge on any atom is 0.339 e. The average Bonchev–Trinajstić information content (AvgIpc) is 2.55. The summed E-state index contributed by atoms with van der Waals surface area (Å²) in [6, 6.07) is 1.64. The topological polar surface area (TPSA) is 77.5 Å². The number of methoxy groups -OCH3 is 2. The van der Waals surface area contributed by atoms with Crippen LogP contribution in [0, 0.1) is 0 Å². The minimum absolute atomic E-state index is 0.144. The SMILES string of the molecule is COC(=O)c1cncc(C(=O)NC2CCC(OC)CC2)c1. The van der Waals surface area contributed by atoms with Crippen LogP contribution >= 0.6 is 0 Å². The molecule has 1 aliphatic carbocycles.